The summed E-state index contributed by atoms with van der Waals surface area (Å²) in [6, 6.07) is 8.63. The smallest absolute Gasteiger partial charge is 0.257 e. The van der Waals surface area contributed by atoms with E-state index in [9.17, 15) is 4.79 Å². The van der Waals surface area contributed by atoms with Gasteiger partial charge in [0.1, 0.15) is 0 Å². The zero-order valence-corrected chi connectivity index (χ0v) is 15.7. The van der Waals surface area contributed by atoms with Crippen LogP contribution in [0.2, 0.25) is 0 Å². The third kappa shape index (κ3) is 3.55. The number of rotatable bonds is 4. The molecule has 2 aromatic rings. The molecule has 2 heterocycles. The van der Waals surface area contributed by atoms with Crippen LogP contribution in [0.4, 0.5) is 5.69 Å². The first-order valence-electron chi connectivity index (χ1n) is 9.16. The molecule has 134 valence electrons. The molecule has 1 aromatic carbocycles. The van der Waals surface area contributed by atoms with Crippen LogP contribution in [-0.2, 0) is 6.54 Å². The van der Waals surface area contributed by atoms with Gasteiger partial charge in [-0.25, -0.2) is 0 Å². The summed E-state index contributed by atoms with van der Waals surface area (Å²) >= 11 is 0. The molecule has 0 bridgehead atoms. The van der Waals surface area contributed by atoms with Gasteiger partial charge in [-0.15, -0.1) is 0 Å². The number of carbonyl (C=O) groups excluding carboxylic acids is 1. The molecule has 5 heteroatoms. The Morgan fingerprint density at radius 3 is 2.68 bits per heavy atom. The van der Waals surface area contributed by atoms with Crippen LogP contribution >= 0.6 is 0 Å². The van der Waals surface area contributed by atoms with Crippen LogP contribution in [0.1, 0.15) is 41.9 Å². The second-order valence-electron chi connectivity index (χ2n) is 6.97. The van der Waals surface area contributed by atoms with Crippen molar-refractivity contribution in [2.24, 2.45) is 0 Å². The van der Waals surface area contributed by atoms with Gasteiger partial charge in [0.2, 0.25) is 0 Å². The third-order valence-electron chi connectivity index (χ3n) is 4.97. The van der Waals surface area contributed by atoms with E-state index in [-0.39, 0.29) is 11.9 Å². The zero-order valence-electron chi connectivity index (χ0n) is 15.7. The number of anilines is 1. The monoisotopic (exact) mass is 340 g/mol. The number of carbonyl (C=O) groups is 1. The Morgan fingerprint density at radius 2 is 2.00 bits per heavy atom. The van der Waals surface area contributed by atoms with Crippen LogP contribution in [0.5, 0.6) is 0 Å². The maximum atomic E-state index is 13.0. The molecule has 1 aromatic heterocycles. The molecule has 1 aliphatic rings. The predicted molar refractivity (Wildman–Crippen MR) is 101 cm³/mol. The molecule has 1 atom stereocenters. The standard InChI is InChI=1S/C20H28N4O/c1-5-10-23-14-18(17(4)21-23)20(25)24-12-11-22(13-16(24)3)19-9-7-6-8-15(19)2/h6-9,14,16H,5,10-13H2,1-4H3/t16-/m1/s1. The molecule has 0 spiro atoms. The van der Waals surface area contributed by atoms with E-state index < -0.39 is 0 Å². The average Bonchev–Trinajstić information content (AvgIpc) is 2.95. The molecule has 1 saturated heterocycles. The van der Waals surface area contributed by atoms with E-state index in [4.69, 9.17) is 0 Å². The highest BCUT2D eigenvalue weighted by molar-refractivity contribution is 5.95. The Kier molecular flexibility index (Phi) is 5.11. The third-order valence-corrected chi connectivity index (χ3v) is 4.97. The van der Waals surface area contributed by atoms with Gasteiger partial charge in [0.25, 0.3) is 5.91 Å². The molecule has 25 heavy (non-hydrogen) atoms. The number of aromatic nitrogens is 2. The van der Waals surface area contributed by atoms with Gasteiger partial charge in [0.05, 0.1) is 11.3 Å². The lowest BCUT2D eigenvalue weighted by atomic mass is 10.1. The summed E-state index contributed by atoms with van der Waals surface area (Å²) < 4.78 is 1.89. The van der Waals surface area contributed by atoms with Gasteiger partial charge < -0.3 is 9.80 Å². The fourth-order valence-electron chi connectivity index (χ4n) is 3.62. The number of benzene rings is 1. The lowest BCUT2D eigenvalue weighted by molar-refractivity contribution is 0.0673. The molecule has 0 aliphatic carbocycles. The summed E-state index contributed by atoms with van der Waals surface area (Å²) in [5.41, 5.74) is 4.12. The number of hydrogen-bond acceptors (Lipinski definition) is 3. The quantitative estimate of drug-likeness (QED) is 0.858. The van der Waals surface area contributed by atoms with Gasteiger partial charge in [-0.2, -0.15) is 5.10 Å². The van der Waals surface area contributed by atoms with E-state index >= 15 is 0 Å². The van der Waals surface area contributed by atoms with E-state index in [1.165, 1.54) is 11.3 Å². The number of piperazine rings is 1. The highest BCUT2D eigenvalue weighted by atomic mass is 16.2. The number of aryl methyl sites for hydroxylation is 3. The molecular formula is C20H28N4O. The van der Waals surface area contributed by atoms with Gasteiger partial charge >= 0.3 is 0 Å². The van der Waals surface area contributed by atoms with Crippen LogP contribution in [-0.4, -0.2) is 46.3 Å². The molecule has 1 aliphatic heterocycles. The van der Waals surface area contributed by atoms with Gasteiger partial charge in [0, 0.05) is 44.1 Å². The first-order valence-corrected chi connectivity index (χ1v) is 9.16. The van der Waals surface area contributed by atoms with Crippen LogP contribution in [0, 0.1) is 13.8 Å². The number of nitrogens with zero attached hydrogens (tertiary/aromatic N) is 4. The van der Waals surface area contributed by atoms with Gasteiger partial charge in [-0.1, -0.05) is 25.1 Å². The highest BCUT2D eigenvalue weighted by Crippen LogP contribution is 2.24. The largest absolute Gasteiger partial charge is 0.367 e. The molecule has 0 saturated carbocycles. The summed E-state index contributed by atoms with van der Waals surface area (Å²) in [5.74, 6) is 0.108. The first kappa shape index (κ1) is 17.5. The number of hydrogen-bond donors (Lipinski definition) is 0. The maximum Gasteiger partial charge on any atom is 0.257 e. The fourth-order valence-corrected chi connectivity index (χ4v) is 3.62. The summed E-state index contributed by atoms with van der Waals surface area (Å²) in [6.07, 6.45) is 2.92. The van der Waals surface area contributed by atoms with Crippen molar-refractivity contribution in [3.8, 4) is 0 Å². The van der Waals surface area contributed by atoms with Crippen LogP contribution in [0.3, 0.4) is 0 Å². The van der Waals surface area contributed by atoms with E-state index in [0.717, 1.165) is 43.9 Å². The summed E-state index contributed by atoms with van der Waals surface area (Å²) in [7, 11) is 0. The van der Waals surface area contributed by atoms with Gasteiger partial charge in [0.15, 0.2) is 0 Å². The average molecular weight is 340 g/mol. The predicted octanol–water partition coefficient (Wildman–Crippen LogP) is 3.26. The Labute approximate surface area is 150 Å². The normalized spacial score (nSPS) is 17.8. The van der Waals surface area contributed by atoms with E-state index in [1.807, 2.05) is 22.7 Å². The molecule has 0 radical (unpaired) electrons. The Hall–Kier alpha value is -2.30. The van der Waals surface area contributed by atoms with Crippen molar-refractivity contribution in [2.75, 3.05) is 24.5 Å². The first-order chi connectivity index (χ1) is 12.0. The van der Waals surface area contributed by atoms with Gasteiger partial charge in [-0.05, 0) is 38.8 Å². The zero-order chi connectivity index (χ0) is 18.0. The minimum absolute atomic E-state index is 0.108. The minimum Gasteiger partial charge on any atom is -0.367 e. The van der Waals surface area contributed by atoms with E-state index in [2.05, 4.69) is 55.0 Å². The second-order valence-corrected chi connectivity index (χ2v) is 6.97. The summed E-state index contributed by atoms with van der Waals surface area (Å²) in [6.45, 7) is 11.6. The molecule has 0 N–H and O–H groups in total. The van der Waals surface area contributed by atoms with Crippen molar-refractivity contribution in [2.45, 2.75) is 46.7 Å². The van der Waals surface area contributed by atoms with E-state index in [1.54, 1.807) is 0 Å². The van der Waals surface area contributed by atoms with Crippen molar-refractivity contribution in [1.29, 1.82) is 0 Å². The molecule has 0 unspecified atom stereocenters. The number of amides is 1. The van der Waals surface area contributed by atoms with Crippen molar-refractivity contribution in [1.82, 2.24) is 14.7 Å². The lowest BCUT2D eigenvalue weighted by Gasteiger charge is -2.41. The van der Waals surface area contributed by atoms with Crippen molar-refractivity contribution in [3.05, 3.63) is 47.3 Å². The number of para-hydroxylation sites is 1. The summed E-state index contributed by atoms with van der Waals surface area (Å²) in [4.78, 5) is 17.4. The van der Waals surface area contributed by atoms with E-state index in [0.29, 0.717) is 0 Å². The van der Waals surface area contributed by atoms with Crippen molar-refractivity contribution in [3.63, 3.8) is 0 Å². The van der Waals surface area contributed by atoms with Crippen LogP contribution in [0.25, 0.3) is 0 Å². The fraction of sp³-hybridized carbons (Fsp3) is 0.500. The van der Waals surface area contributed by atoms with Crippen LogP contribution < -0.4 is 4.90 Å². The molecule has 1 amide bonds. The molecule has 3 rings (SSSR count). The topological polar surface area (TPSA) is 41.4 Å². The van der Waals surface area contributed by atoms with Crippen molar-refractivity contribution >= 4 is 11.6 Å². The van der Waals surface area contributed by atoms with Crippen LogP contribution in [0.15, 0.2) is 30.5 Å². The van der Waals surface area contributed by atoms with Gasteiger partial charge in [-0.3, -0.25) is 9.48 Å². The van der Waals surface area contributed by atoms with Crippen molar-refractivity contribution < 1.29 is 4.79 Å². The second kappa shape index (κ2) is 7.30. The Bertz CT molecular complexity index is 752. The Balaban J connectivity index is 1.73. The summed E-state index contributed by atoms with van der Waals surface area (Å²) in [5, 5.41) is 4.47. The SMILES string of the molecule is CCCn1cc(C(=O)N2CCN(c3ccccc3C)C[C@H]2C)c(C)n1. The maximum absolute atomic E-state index is 13.0. The molecular weight excluding hydrogens is 312 g/mol. The minimum atomic E-state index is 0.108. The Morgan fingerprint density at radius 1 is 1.24 bits per heavy atom. The molecule has 5 nitrogen and oxygen atoms in total. The highest BCUT2D eigenvalue weighted by Gasteiger charge is 2.30. The lowest BCUT2D eigenvalue weighted by Crippen LogP contribution is -2.54. The molecule has 1 fully saturated rings.